The molecule has 6 atom stereocenters. The lowest BCUT2D eigenvalue weighted by atomic mass is 9.61. The Morgan fingerprint density at radius 1 is 1.08 bits per heavy atom. The Labute approximate surface area is 219 Å². The van der Waals surface area contributed by atoms with Crippen LogP contribution in [0.3, 0.4) is 0 Å². The van der Waals surface area contributed by atoms with E-state index in [1.54, 1.807) is 11.1 Å². The van der Waals surface area contributed by atoms with E-state index in [0.29, 0.717) is 29.6 Å². The molecule has 0 aliphatic heterocycles. The molecule has 0 N–H and O–H groups in total. The van der Waals surface area contributed by atoms with Gasteiger partial charge in [0.15, 0.2) is 0 Å². The van der Waals surface area contributed by atoms with Crippen molar-refractivity contribution in [2.75, 3.05) is 0 Å². The number of benzene rings is 2. The van der Waals surface area contributed by atoms with Gasteiger partial charge in [-0.25, -0.2) is 0 Å². The van der Waals surface area contributed by atoms with Gasteiger partial charge in [-0.3, -0.25) is 0 Å². The van der Waals surface area contributed by atoms with Crippen LogP contribution >= 0.6 is 0 Å². The molecule has 0 saturated heterocycles. The molecule has 0 heterocycles. The molecule has 3 aliphatic rings. The summed E-state index contributed by atoms with van der Waals surface area (Å²) < 4.78 is 0. The van der Waals surface area contributed by atoms with Crippen molar-refractivity contribution in [1.29, 1.82) is 0 Å². The summed E-state index contributed by atoms with van der Waals surface area (Å²) in [6.07, 6.45) is 8.11. The van der Waals surface area contributed by atoms with Gasteiger partial charge in [-0.15, -0.1) is 6.58 Å². The van der Waals surface area contributed by atoms with E-state index in [0.717, 1.165) is 32.1 Å². The normalized spacial score (nSPS) is 28.9. The van der Waals surface area contributed by atoms with Gasteiger partial charge in [0.25, 0.3) is 0 Å². The minimum absolute atomic E-state index is 0.0545. The van der Waals surface area contributed by atoms with E-state index in [1.807, 2.05) is 0 Å². The molecule has 0 spiro atoms. The Bertz CT molecular complexity index is 1250. The minimum atomic E-state index is 0.0545. The van der Waals surface area contributed by atoms with Crippen molar-refractivity contribution in [3.05, 3.63) is 118 Å². The summed E-state index contributed by atoms with van der Waals surface area (Å²) in [5, 5.41) is 0. The van der Waals surface area contributed by atoms with Crippen LogP contribution in [0.25, 0.3) is 0 Å². The summed E-state index contributed by atoms with van der Waals surface area (Å²) in [7, 11) is 0. The Hall–Kier alpha value is -2.60. The molecule has 0 radical (unpaired) electrons. The maximum Gasteiger partial charge on any atom is 0.0181 e. The van der Waals surface area contributed by atoms with Gasteiger partial charge in [-0.1, -0.05) is 112 Å². The quantitative estimate of drug-likeness (QED) is 0.333. The third-order valence-electron chi connectivity index (χ3n) is 9.94. The van der Waals surface area contributed by atoms with Crippen LogP contribution in [-0.4, -0.2) is 0 Å². The number of hydrogen-bond acceptors (Lipinski definition) is 0. The zero-order chi connectivity index (χ0) is 25.8. The summed E-state index contributed by atoms with van der Waals surface area (Å²) in [5.41, 5.74) is 13.3. The van der Waals surface area contributed by atoms with Crippen molar-refractivity contribution in [3.63, 3.8) is 0 Å². The van der Waals surface area contributed by atoms with Crippen molar-refractivity contribution >= 4 is 0 Å². The van der Waals surface area contributed by atoms with Gasteiger partial charge in [-0.05, 0) is 78.7 Å². The second-order valence-electron chi connectivity index (χ2n) is 12.1. The van der Waals surface area contributed by atoms with Crippen LogP contribution in [0.5, 0.6) is 0 Å². The second-order valence-corrected chi connectivity index (χ2v) is 12.1. The fraction of sp³-hybridized carbons (Fsp3) is 0.444. The fourth-order valence-electron chi connectivity index (χ4n) is 7.99. The van der Waals surface area contributed by atoms with Crippen LogP contribution in [0.4, 0.5) is 0 Å². The van der Waals surface area contributed by atoms with Crippen molar-refractivity contribution in [2.45, 2.75) is 84.0 Å². The number of allylic oxidation sites excluding steroid dienone is 5. The molecule has 36 heavy (non-hydrogen) atoms. The Morgan fingerprint density at radius 2 is 1.83 bits per heavy atom. The van der Waals surface area contributed by atoms with Crippen LogP contribution < -0.4 is 0 Å². The Balaban J connectivity index is 1.48. The van der Waals surface area contributed by atoms with E-state index in [-0.39, 0.29) is 5.41 Å². The monoisotopic (exact) mass is 476 g/mol. The van der Waals surface area contributed by atoms with Gasteiger partial charge < -0.3 is 0 Å². The summed E-state index contributed by atoms with van der Waals surface area (Å²) in [6.45, 7) is 25.1. The van der Waals surface area contributed by atoms with Gasteiger partial charge in [0.1, 0.15) is 0 Å². The average molecular weight is 477 g/mol. The maximum atomic E-state index is 4.83. The number of rotatable bonds is 8. The Kier molecular flexibility index (Phi) is 6.52. The minimum Gasteiger partial charge on any atom is -0.100 e. The van der Waals surface area contributed by atoms with Gasteiger partial charge >= 0.3 is 0 Å². The zero-order valence-electron chi connectivity index (χ0n) is 23.2. The highest BCUT2D eigenvalue weighted by atomic mass is 14.6. The van der Waals surface area contributed by atoms with Gasteiger partial charge in [0.2, 0.25) is 0 Å². The molecule has 1 saturated carbocycles. The molecule has 5 rings (SSSR count). The number of aryl methyl sites for hydroxylation is 2. The maximum absolute atomic E-state index is 4.83. The van der Waals surface area contributed by atoms with Crippen LogP contribution in [-0.2, 0) is 18.3 Å². The molecule has 0 aromatic heterocycles. The number of hydrogen-bond donors (Lipinski definition) is 0. The molecular formula is C36H44. The van der Waals surface area contributed by atoms with Crippen molar-refractivity contribution in [3.8, 4) is 0 Å². The van der Waals surface area contributed by atoms with Crippen LogP contribution in [0.1, 0.15) is 93.5 Å². The van der Waals surface area contributed by atoms with E-state index in [2.05, 4.69) is 96.3 Å². The highest BCUT2D eigenvalue weighted by molar-refractivity contribution is 5.58. The Morgan fingerprint density at radius 3 is 2.53 bits per heavy atom. The second kappa shape index (κ2) is 9.37. The van der Waals surface area contributed by atoms with Crippen molar-refractivity contribution in [2.24, 2.45) is 17.8 Å². The molecule has 0 heteroatoms. The molecular weight excluding hydrogens is 432 g/mol. The van der Waals surface area contributed by atoms with E-state index < -0.39 is 0 Å². The lowest BCUT2D eigenvalue weighted by Gasteiger charge is -2.42. The fourth-order valence-corrected chi connectivity index (χ4v) is 7.99. The topological polar surface area (TPSA) is 0 Å². The van der Waals surface area contributed by atoms with E-state index in [1.165, 1.54) is 39.0 Å². The van der Waals surface area contributed by atoms with E-state index >= 15 is 0 Å². The summed E-state index contributed by atoms with van der Waals surface area (Å²) >= 11 is 0. The highest BCUT2D eigenvalue weighted by Gasteiger charge is 2.57. The van der Waals surface area contributed by atoms with Crippen LogP contribution in [0, 0.1) is 17.8 Å². The smallest absolute Gasteiger partial charge is 0.0181 e. The molecule has 2 aromatic carbocycles. The predicted octanol–water partition coefficient (Wildman–Crippen LogP) is 9.63. The van der Waals surface area contributed by atoms with Crippen molar-refractivity contribution < 1.29 is 0 Å². The SMILES string of the molecule is C=C(C)CCc1ccc([C@@H](C)[C@@H]2CC3=CC4(C)c5ccccc5C(C3C2=C)C4C(=C)CC)cc1CC. The first kappa shape index (κ1) is 25.1. The molecule has 2 aromatic rings. The van der Waals surface area contributed by atoms with Crippen LogP contribution in [0.15, 0.2) is 90.6 Å². The lowest BCUT2D eigenvalue weighted by molar-refractivity contribution is 0.320. The van der Waals surface area contributed by atoms with E-state index in [4.69, 9.17) is 6.58 Å². The summed E-state index contributed by atoms with van der Waals surface area (Å²) in [4.78, 5) is 0. The van der Waals surface area contributed by atoms with E-state index in [9.17, 15) is 0 Å². The predicted molar refractivity (Wildman–Crippen MR) is 156 cm³/mol. The lowest BCUT2D eigenvalue weighted by Crippen LogP contribution is -2.35. The van der Waals surface area contributed by atoms with Gasteiger partial charge in [-0.2, -0.15) is 0 Å². The largest absolute Gasteiger partial charge is 0.100 e. The van der Waals surface area contributed by atoms with Gasteiger partial charge in [0, 0.05) is 23.2 Å². The molecule has 188 valence electrons. The third-order valence-corrected chi connectivity index (χ3v) is 9.94. The molecule has 4 unspecified atom stereocenters. The average Bonchev–Trinajstić information content (AvgIpc) is 3.29. The third kappa shape index (κ3) is 3.80. The molecule has 2 bridgehead atoms. The summed E-state index contributed by atoms with van der Waals surface area (Å²) in [6, 6.07) is 16.5. The molecule has 0 amide bonds. The standard InChI is InChI=1S/C36H44/c1-9-23(5)35-34-30-13-11-12-14-32(30)36(35,8)21-29-20-31(25(7)33(29)34)24(6)28-18-17-27(16-15-22(3)4)26(10-2)19-28/h11-14,17-19,21,24,31,33-35H,3,5,7,9-10,15-16,20H2,1-2,4,6,8H3/t24-,31+,33?,34?,35?,36?/m1/s1. The summed E-state index contributed by atoms with van der Waals surface area (Å²) in [5.74, 6) is 2.37. The highest BCUT2D eigenvalue weighted by Crippen LogP contribution is 2.66. The van der Waals surface area contributed by atoms with Crippen LogP contribution in [0.2, 0.25) is 0 Å². The molecule has 1 fully saturated rings. The molecule has 3 aliphatic carbocycles. The number of fused-ring (bicyclic) bond motifs is 7. The zero-order valence-corrected chi connectivity index (χ0v) is 23.2. The first-order valence-electron chi connectivity index (χ1n) is 14.1. The van der Waals surface area contributed by atoms with Crippen molar-refractivity contribution in [1.82, 2.24) is 0 Å². The first-order valence-corrected chi connectivity index (χ1v) is 14.1. The van der Waals surface area contributed by atoms with Gasteiger partial charge in [0.05, 0.1) is 0 Å². The molecule has 0 nitrogen and oxygen atoms in total. The first-order chi connectivity index (χ1) is 17.2.